The van der Waals surface area contributed by atoms with Gasteiger partial charge in [0.05, 0.1) is 29.7 Å². The van der Waals surface area contributed by atoms with Crippen molar-refractivity contribution in [1.29, 1.82) is 0 Å². The van der Waals surface area contributed by atoms with Crippen LogP contribution in [0.2, 0.25) is 0 Å². The summed E-state index contributed by atoms with van der Waals surface area (Å²) >= 11 is 0. The molecule has 1 aliphatic heterocycles. The number of pyridine rings is 1. The van der Waals surface area contributed by atoms with Crippen molar-refractivity contribution in [2.45, 2.75) is 25.3 Å². The van der Waals surface area contributed by atoms with Gasteiger partial charge in [-0.1, -0.05) is 12.1 Å². The first-order valence-corrected chi connectivity index (χ1v) is 8.99. The number of nitrogens with one attached hydrogen (secondary N) is 2. The first-order chi connectivity index (χ1) is 13.9. The van der Waals surface area contributed by atoms with Gasteiger partial charge in [-0.25, -0.2) is 15.1 Å². The van der Waals surface area contributed by atoms with Crippen LogP contribution in [-0.4, -0.2) is 45.5 Å². The van der Waals surface area contributed by atoms with Gasteiger partial charge < -0.3 is 15.7 Å². The van der Waals surface area contributed by atoms with Crippen LogP contribution in [0, 0.1) is 0 Å². The van der Waals surface area contributed by atoms with Crippen LogP contribution < -0.4 is 16.6 Å². The number of carbonyl (C=O) groups excluding carboxylic acids is 2. The van der Waals surface area contributed by atoms with Gasteiger partial charge in [-0.2, -0.15) is 0 Å². The molecule has 10 heteroatoms. The van der Waals surface area contributed by atoms with Crippen molar-refractivity contribution in [3.63, 3.8) is 0 Å². The first-order valence-electron chi connectivity index (χ1n) is 8.99. The molecule has 1 aliphatic rings. The van der Waals surface area contributed by atoms with Crippen molar-refractivity contribution in [1.82, 2.24) is 9.99 Å². The molecule has 1 aromatic heterocycles. The number of anilines is 2. The molecule has 5 N–H and O–H groups in total. The van der Waals surface area contributed by atoms with Gasteiger partial charge in [0.25, 0.3) is 0 Å². The third-order valence-electron chi connectivity index (χ3n) is 4.34. The number of carboxylic acids is 1. The number of hydrogen-bond acceptors (Lipinski definition) is 8. The minimum Gasteiger partial charge on any atom is -0.478 e. The lowest BCUT2D eigenvalue weighted by Crippen LogP contribution is -2.48. The van der Waals surface area contributed by atoms with Gasteiger partial charge in [0.15, 0.2) is 0 Å². The Kier molecular flexibility index (Phi) is 6.25. The lowest BCUT2D eigenvalue weighted by atomic mass is 10.1. The maximum atomic E-state index is 12.8. The van der Waals surface area contributed by atoms with E-state index >= 15 is 0 Å². The number of amides is 1. The maximum absolute atomic E-state index is 12.8. The Bertz CT molecular complexity index is 919. The molecule has 2 heterocycles. The molecule has 0 spiro atoms. The van der Waals surface area contributed by atoms with Gasteiger partial charge in [-0.15, -0.1) is 0 Å². The molecule has 0 fully saturated rings. The van der Waals surface area contributed by atoms with Crippen LogP contribution >= 0.6 is 0 Å². The minimum atomic E-state index is -1.18. The topological polar surface area (TPSA) is 147 Å². The zero-order valence-electron chi connectivity index (χ0n) is 15.5. The molecule has 1 unspecified atom stereocenters. The van der Waals surface area contributed by atoms with Gasteiger partial charge in [-0.3, -0.25) is 20.2 Å². The predicted molar refractivity (Wildman–Crippen MR) is 104 cm³/mol. The van der Waals surface area contributed by atoms with E-state index in [4.69, 9.17) is 10.6 Å². The van der Waals surface area contributed by atoms with Crippen molar-refractivity contribution in [3.8, 4) is 0 Å². The quantitative estimate of drug-likeness (QED) is 0.597. The third kappa shape index (κ3) is 5.20. The van der Waals surface area contributed by atoms with E-state index in [1.807, 2.05) is 18.2 Å². The number of carbonyl (C=O) groups is 3. The van der Waals surface area contributed by atoms with E-state index in [1.165, 1.54) is 18.5 Å². The molecule has 0 saturated heterocycles. The molecular formula is C19H21N5O5. The second-order valence-electron chi connectivity index (χ2n) is 6.53. The molecule has 10 nitrogen and oxygen atoms in total. The zero-order valence-corrected chi connectivity index (χ0v) is 15.5. The Morgan fingerprint density at radius 2 is 2.14 bits per heavy atom. The van der Waals surface area contributed by atoms with E-state index in [1.54, 1.807) is 6.07 Å². The Labute approximate surface area is 166 Å². The van der Waals surface area contributed by atoms with E-state index in [0.29, 0.717) is 18.5 Å². The number of fused-ring (bicyclic) bond motifs is 2. The molecule has 0 radical (unpaired) electrons. The van der Waals surface area contributed by atoms with Gasteiger partial charge in [0.1, 0.15) is 6.04 Å². The van der Waals surface area contributed by atoms with Crippen LogP contribution in [-0.2, 0) is 20.8 Å². The zero-order chi connectivity index (χ0) is 20.8. The summed E-state index contributed by atoms with van der Waals surface area (Å²) in [6.45, 7) is -0.217. The SMILES string of the molecule is NC1CN(Nc2cnccc2C(=O)O)C(=O)CCCc2cccc(c2)NOC1=O. The van der Waals surface area contributed by atoms with Crippen LogP contribution in [0.5, 0.6) is 0 Å². The fraction of sp³-hybridized carbons (Fsp3) is 0.263. The van der Waals surface area contributed by atoms with Gasteiger partial charge >= 0.3 is 11.9 Å². The third-order valence-corrected chi connectivity index (χ3v) is 4.34. The molecule has 1 atom stereocenters. The summed E-state index contributed by atoms with van der Waals surface area (Å²) in [6, 6.07) is 7.45. The van der Waals surface area contributed by atoms with Gasteiger partial charge in [0, 0.05) is 12.6 Å². The molecule has 2 aromatic rings. The largest absolute Gasteiger partial charge is 0.478 e. The van der Waals surface area contributed by atoms with Crippen molar-refractivity contribution in [2.75, 3.05) is 17.5 Å². The highest BCUT2D eigenvalue weighted by atomic mass is 16.7. The number of rotatable bonds is 3. The molecule has 2 bridgehead atoms. The summed E-state index contributed by atoms with van der Waals surface area (Å²) in [5.41, 5.74) is 12.8. The summed E-state index contributed by atoms with van der Waals surface area (Å²) in [5, 5.41) is 10.5. The lowest BCUT2D eigenvalue weighted by Gasteiger charge is -2.27. The van der Waals surface area contributed by atoms with Crippen molar-refractivity contribution >= 4 is 29.2 Å². The van der Waals surface area contributed by atoms with E-state index in [9.17, 15) is 19.5 Å². The summed E-state index contributed by atoms with van der Waals surface area (Å²) in [7, 11) is 0. The molecule has 0 aliphatic carbocycles. The number of nitrogens with zero attached hydrogens (tertiary/aromatic N) is 2. The second-order valence-corrected chi connectivity index (χ2v) is 6.53. The van der Waals surface area contributed by atoms with E-state index in [0.717, 1.165) is 10.6 Å². The number of aryl methyl sites for hydroxylation is 1. The highest BCUT2D eigenvalue weighted by Gasteiger charge is 2.25. The summed E-state index contributed by atoms with van der Waals surface area (Å²) in [5.74, 6) is -2.28. The highest BCUT2D eigenvalue weighted by molar-refractivity contribution is 5.94. The average Bonchev–Trinajstić information content (AvgIpc) is 2.71. The standard InChI is InChI=1S/C19H21N5O5/c20-15-11-24(22-16-10-21-8-7-14(16)18(26)27)17(25)6-2-4-12-3-1-5-13(9-12)23-29-19(15)28/h1,3,5,7-10,15,22-23H,2,4,6,11,20H2,(H,26,27). The van der Waals surface area contributed by atoms with Crippen LogP contribution in [0.4, 0.5) is 11.4 Å². The second kappa shape index (κ2) is 9.02. The number of aromatic carboxylic acids is 1. The average molecular weight is 399 g/mol. The fourth-order valence-corrected chi connectivity index (χ4v) is 2.85. The van der Waals surface area contributed by atoms with E-state index in [-0.39, 0.29) is 30.1 Å². The fourth-order valence-electron chi connectivity index (χ4n) is 2.85. The van der Waals surface area contributed by atoms with Gasteiger partial charge in [-0.05, 0) is 36.6 Å². The van der Waals surface area contributed by atoms with Crippen molar-refractivity contribution < 1.29 is 24.3 Å². The van der Waals surface area contributed by atoms with Gasteiger partial charge in [0.2, 0.25) is 5.91 Å². The monoisotopic (exact) mass is 399 g/mol. The Morgan fingerprint density at radius 3 is 2.93 bits per heavy atom. The number of hydrogen-bond donors (Lipinski definition) is 4. The molecule has 1 aromatic carbocycles. The van der Waals surface area contributed by atoms with Crippen LogP contribution in [0.25, 0.3) is 0 Å². The first kappa shape index (κ1) is 20.1. The molecule has 152 valence electrons. The highest BCUT2D eigenvalue weighted by Crippen LogP contribution is 2.17. The molecular weight excluding hydrogens is 378 g/mol. The minimum absolute atomic E-state index is 0.0652. The van der Waals surface area contributed by atoms with Crippen molar-refractivity contribution in [2.24, 2.45) is 5.73 Å². The van der Waals surface area contributed by atoms with Crippen LogP contribution in [0.15, 0.2) is 42.7 Å². The Balaban J connectivity index is 1.83. The predicted octanol–water partition coefficient (Wildman–Crippen LogP) is 1.17. The molecule has 0 saturated carbocycles. The number of nitrogens with two attached hydrogens (primary N) is 1. The summed E-state index contributed by atoms with van der Waals surface area (Å²) in [4.78, 5) is 45.3. The van der Waals surface area contributed by atoms with E-state index < -0.39 is 18.0 Å². The number of benzene rings is 1. The van der Waals surface area contributed by atoms with Crippen LogP contribution in [0.3, 0.4) is 0 Å². The smallest absolute Gasteiger partial charge is 0.350 e. The van der Waals surface area contributed by atoms with Crippen LogP contribution in [0.1, 0.15) is 28.8 Å². The number of carboxylic acid groups (broad SMARTS) is 1. The number of aromatic nitrogens is 1. The lowest BCUT2D eigenvalue weighted by molar-refractivity contribution is -0.143. The Hall–Kier alpha value is -3.66. The summed E-state index contributed by atoms with van der Waals surface area (Å²) in [6.07, 6.45) is 3.99. The Morgan fingerprint density at radius 1 is 1.31 bits per heavy atom. The molecule has 1 amide bonds. The van der Waals surface area contributed by atoms with Crippen molar-refractivity contribution in [3.05, 3.63) is 53.9 Å². The number of hydrazine groups is 1. The normalized spacial score (nSPS) is 17.8. The summed E-state index contributed by atoms with van der Waals surface area (Å²) < 4.78 is 0. The molecule has 3 rings (SSSR count). The molecule has 29 heavy (non-hydrogen) atoms. The maximum Gasteiger partial charge on any atom is 0.350 e. The van der Waals surface area contributed by atoms with E-state index in [2.05, 4.69) is 15.9 Å².